The van der Waals surface area contributed by atoms with E-state index in [2.05, 4.69) is 5.32 Å². The quantitative estimate of drug-likeness (QED) is 0.553. The highest BCUT2D eigenvalue weighted by Crippen LogP contribution is 2.44. The predicted octanol–water partition coefficient (Wildman–Crippen LogP) is 0.554. The molecule has 0 radical (unpaired) electrons. The first kappa shape index (κ1) is 20.8. The van der Waals surface area contributed by atoms with Crippen LogP contribution in [-0.4, -0.2) is 67.6 Å². The molecule has 5 unspecified atom stereocenters. The molecule has 2 aliphatic carbocycles. The Morgan fingerprint density at radius 3 is 2.67 bits per heavy atom. The fraction of sp³-hybridized carbons (Fsp3) is 0.938. The summed E-state index contributed by atoms with van der Waals surface area (Å²) in [5, 5.41) is 13.6. The second-order valence-electron chi connectivity index (χ2n) is 7.73. The number of amides is 1. The Balaban J connectivity index is 1.64. The smallest absolute Gasteiger partial charge is 0.304 e. The number of aliphatic hydroxyl groups excluding tert-OH is 1. The fourth-order valence-electron chi connectivity index (χ4n) is 4.69. The summed E-state index contributed by atoms with van der Waals surface area (Å²) in [6.07, 6.45) is -2.74. The van der Waals surface area contributed by atoms with Crippen molar-refractivity contribution in [2.45, 2.75) is 69.3 Å². The van der Waals surface area contributed by atoms with Crippen LogP contribution in [0.3, 0.4) is 0 Å². The molecule has 2 saturated carbocycles. The Hall–Kier alpha value is -0.910. The maximum atomic E-state index is 15.3. The first-order chi connectivity index (χ1) is 12.7. The van der Waals surface area contributed by atoms with Gasteiger partial charge in [-0.05, 0) is 50.5 Å². The molecule has 1 saturated heterocycles. The molecule has 3 fully saturated rings. The molecule has 3 N–H and O–H groups in total. The molecule has 27 heavy (non-hydrogen) atoms. The topological polar surface area (TPSA) is 98.7 Å². The lowest BCUT2D eigenvalue weighted by atomic mass is 9.66. The van der Waals surface area contributed by atoms with Gasteiger partial charge in [0.1, 0.15) is 6.17 Å². The van der Waals surface area contributed by atoms with Gasteiger partial charge in [0.15, 0.2) is 0 Å². The molecule has 0 spiro atoms. The van der Waals surface area contributed by atoms with E-state index in [1.807, 2.05) is 4.72 Å². The number of hydrogen-bond donors (Lipinski definition) is 3. The Kier molecular flexibility index (Phi) is 6.34. The molecule has 0 aromatic rings. The number of carbonyl (C=O) groups excluding carboxylic acids is 1. The summed E-state index contributed by atoms with van der Waals surface area (Å²) in [6.45, 7) is -0.0640. The summed E-state index contributed by atoms with van der Waals surface area (Å²) in [4.78, 5) is 11.5. The van der Waals surface area contributed by atoms with Crippen LogP contribution in [0.5, 0.6) is 0 Å². The van der Waals surface area contributed by atoms with Gasteiger partial charge in [-0.2, -0.15) is 12.7 Å². The van der Waals surface area contributed by atoms with E-state index in [4.69, 9.17) is 0 Å². The molecule has 156 valence electrons. The van der Waals surface area contributed by atoms with E-state index in [0.717, 1.165) is 10.7 Å². The number of aliphatic hydroxyl groups is 1. The third-order valence-electron chi connectivity index (χ3n) is 5.94. The van der Waals surface area contributed by atoms with Crippen LogP contribution in [-0.2, 0) is 15.0 Å². The number of nitrogens with zero attached hydrogens (tertiary/aromatic N) is 1. The minimum atomic E-state index is -4.13. The van der Waals surface area contributed by atoms with E-state index in [-0.39, 0.29) is 24.8 Å². The van der Waals surface area contributed by atoms with Crippen molar-refractivity contribution in [3.63, 3.8) is 0 Å². The van der Waals surface area contributed by atoms with Gasteiger partial charge in [0.2, 0.25) is 12.3 Å². The molecule has 1 heterocycles. The van der Waals surface area contributed by atoms with Crippen molar-refractivity contribution in [1.82, 2.24) is 14.3 Å². The van der Waals surface area contributed by atoms with Crippen molar-refractivity contribution in [2.75, 3.05) is 13.1 Å². The summed E-state index contributed by atoms with van der Waals surface area (Å²) < 4.78 is 66.4. The Morgan fingerprint density at radius 1 is 1.30 bits per heavy atom. The summed E-state index contributed by atoms with van der Waals surface area (Å²) >= 11 is 0. The van der Waals surface area contributed by atoms with Crippen LogP contribution in [0.15, 0.2) is 0 Å². The molecule has 7 nitrogen and oxygen atoms in total. The monoisotopic (exact) mass is 413 g/mol. The van der Waals surface area contributed by atoms with Crippen molar-refractivity contribution < 1.29 is 31.5 Å². The van der Waals surface area contributed by atoms with Crippen molar-refractivity contribution in [3.05, 3.63) is 0 Å². The van der Waals surface area contributed by atoms with Crippen molar-refractivity contribution in [2.24, 2.45) is 11.8 Å². The lowest BCUT2D eigenvalue weighted by Crippen LogP contribution is -2.59. The normalized spacial score (nSPS) is 39.4. The lowest BCUT2D eigenvalue weighted by molar-refractivity contribution is -0.119. The van der Waals surface area contributed by atoms with Crippen LogP contribution < -0.4 is 10.0 Å². The van der Waals surface area contributed by atoms with Crippen LogP contribution in [0.2, 0.25) is 0 Å². The predicted molar refractivity (Wildman–Crippen MR) is 90.9 cm³/mol. The molecule has 0 aromatic carbocycles. The second-order valence-corrected chi connectivity index (χ2v) is 9.36. The zero-order valence-corrected chi connectivity index (χ0v) is 15.7. The molecular weight excluding hydrogens is 387 g/mol. The third kappa shape index (κ3) is 4.57. The zero-order chi connectivity index (χ0) is 19.8. The van der Waals surface area contributed by atoms with E-state index in [0.29, 0.717) is 25.8 Å². The van der Waals surface area contributed by atoms with Gasteiger partial charge in [-0.15, -0.1) is 0 Å². The highest BCUT2D eigenvalue weighted by molar-refractivity contribution is 7.88. The number of carbonyl (C=O) groups is 1. The lowest BCUT2D eigenvalue weighted by Gasteiger charge is -2.48. The first-order valence-corrected chi connectivity index (χ1v) is 10.8. The zero-order valence-electron chi connectivity index (χ0n) is 14.9. The van der Waals surface area contributed by atoms with Gasteiger partial charge in [0.25, 0.3) is 0 Å². The van der Waals surface area contributed by atoms with Gasteiger partial charge in [0.05, 0.1) is 18.7 Å². The number of fused-ring (bicyclic) bond motifs is 1. The van der Waals surface area contributed by atoms with Gasteiger partial charge < -0.3 is 10.4 Å². The highest BCUT2D eigenvalue weighted by Gasteiger charge is 2.53. The average Bonchev–Trinajstić information content (AvgIpc) is 2.84. The van der Waals surface area contributed by atoms with Crippen molar-refractivity contribution in [1.29, 1.82) is 0 Å². The third-order valence-corrected chi connectivity index (χ3v) is 7.41. The van der Waals surface area contributed by atoms with E-state index in [9.17, 15) is 27.1 Å². The van der Waals surface area contributed by atoms with Crippen LogP contribution in [0.1, 0.15) is 38.5 Å². The van der Waals surface area contributed by atoms with E-state index in [1.54, 1.807) is 0 Å². The van der Waals surface area contributed by atoms with Crippen LogP contribution >= 0.6 is 0 Å². The van der Waals surface area contributed by atoms with Gasteiger partial charge in [-0.1, -0.05) is 0 Å². The second kappa shape index (κ2) is 8.22. The Morgan fingerprint density at radius 2 is 2.04 bits per heavy atom. The molecule has 6 atom stereocenters. The largest absolute Gasteiger partial charge is 0.391 e. The first-order valence-electron chi connectivity index (χ1n) is 9.35. The molecule has 0 bridgehead atoms. The standard InChI is InChI=1S/C16H26F3N3O4S/c17-13(18)2-1-5-20-10-4-3-9-6-12(23)16(15(19)11(9)7-10)22-8-14(24)21-27(22,25)26/h9-13,15-16,20,23H,1-8H2,(H,21,24)/t9?,10-,11?,12?,15?,16?/m1/s1. The molecule has 3 aliphatic rings. The Labute approximate surface area is 156 Å². The summed E-state index contributed by atoms with van der Waals surface area (Å²) in [6, 6.07) is -1.30. The molecule has 11 heteroatoms. The maximum Gasteiger partial charge on any atom is 0.304 e. The average molecular weight is 413 g/mol. The Bertz CT molecular complexity index is 651. The molecule has 3 rings (SSSR count). The van der Waals surface area contributed by atoms with E-state index >= 15 is 4.39 Å². The van der Waals surface area contributed by atoms with Gasteiger partial charge in [0, 0.05) is 12.5 Å². The number of hydrogen-bond acceptors (Lipinski definition) is 5. The SMILES string of the molecule is O=C1CN(C2C(O)CC3CC[C@@H](NCCCC(F)F)CC3C2F)S(=O)(=O)N1. The summed E-state index contributed by atoms with van der Waals surface area (Å²) in [5.41, 5.74) is 0. The summed E-state index contributed by atoms with van der Waals surface area (Å²) in [7, 11) is -4.13. The van der Waals surface area contributed by atoms with Gasteiger partial charge >= 0.3 is 10.2 Å². The number of alkyl halides is 3. The van der Waals surface area contributed by atoms with Crippen LogP contribution in [0, 0.1) is 11.8 Å². The molecule has 0 aromatic heterocycles. The van der Waals surface area contributed by atoms with Crippen molar-refractivity contribution >= 4 is 16.1 Å². The van der Waals surface area contributed by atoms with E-state index < -0.39 is 53.3 Å². The van der Waals surface area contributed by atoms with Crippen LogP contribution in [0.25, 0.3) is 0 Å². The van der Waals surface area contributed by atoms with Crippen LogP contribution in [0.4, 0.5) is 13.2 Å². The highest BCUT2D eigenvalue weighted by atomic mass is 32.2. The van der Waals surface area contributed by atoms with E-state index in [1.165, 1.54) is 0 Å². The minimum absolute atomic E-state index is 0.0204. The molecule has 1 amide bonds. The molecular formula is C16H26F3N3O4S. The van der Waals surface area contributed by atoms with Crippen molar-refractivity contribution in [3.8, 4) is 0 Å². The fourth-order valence-corrected chi connectivity index (χ4v) is 6.03. The molecule has 1 aliphatic heterocycles. The minimum Gasteiger partial charge on any atom is -0.391 e. The van der Waals surface area contributed by atoms with Gasteiger partial charge in [-0.25, -0.2) is 17.9 Å². The number of halogens is 3. The maximum absolute atomic E-state index is 15.3. The number of rotatable bonds is 6. The summed E-state index contributed by atoms with van der Waals surface area (Å²) in [5.74, 6) is -1.23. The number of nitrogens with one attached hydrogen (secondary N) is 2. The van der Waals surface area contributed by atoms with Gasteiger partial charge in [-0.3, -0.25) is 4.79 Å².